The molecule has 1 fully saturated rings. The maximum atomic E-state index is 15.7. The molecular weight excluding hydrogens is 748 g/mol. The molecule has 0 unspecified atom stereocenters. The monoisotopic (exact) mass is 793 g/mol. The highest BCUT2D eigenvalue weighted by Crippen LogP contribution is 2.42. The second kappa shape index (κ2) is 16.5. The first-order chi connectivity index (χ1) is 26.8. The van der Waals surface area contributed by atoms with Crippen LogP contribution in [0.25, 0.3) is 11.0 Å². The zero-order valence-electron chi connectivity index (χ0n) is 33.2. The number of hydrogen-bond acceptors (Lipinski definition) is 12. The molecule has 0 spiro atoms. The van der Waals surface area contributed by atoms with Gasteiger partial charge in [0.15, 0.2) is 34.5 Å². The van der Waals surface area contributed by atoms with Crippen molar-refractivity contribution >= 4 is 63.4 Å². The van der Waals surface area contributed by atoms with Gasteiger partial charge in [-0.15, -0.1) is 0 Å². The summed E-state index contributed by atoms with van der Waals surface area (Å²) in [6.07, 6.45) is 0.351. The van der Waals surface area contributed by atoms with Crippen molar-refractivity contribution in [3.05, 3.63) is 72.1 Å². The highest BCUT2D eigenvalue weighted by molar-refractivity contribution is 6.18. The van der Waals surface area contributed by atoms with Crippen LogP contribution in [0.2, 0.25) is 0 Å². The number of nitrogens with one attached hydrogen (secondary N) is 1. The molecule has 3 heterocycles. The zero-order chi connectivity index (χ0) is 42.0. The van der Waals surface area contributed by atoms with Gasteiger partial charge in [0.2, 0.25) is 11.7 Å². The van der Waals surface area contributed by atoms with Crippen molar-refractivity contribution in [3.63, 3.8) is 0 Å². The Hall–Kier alpha value is -6.23. The number of morpholine rings is 1. The molecule has 5 rings (SSSR count). The van der Waals surface area contributed by atoms with Gasteiger partial charge in [-0.25, -0.2) is 28.3 Å². The van der Waals surface area contributed by atoms with E-state index in [2.05, 4.69) is 16.9 Å². The second-order valence-electron chi connectivity index (χ2n) is 14.8. The largest absolute Gasteiger partial charge is 0.494 e. The fraction of sp³-hybridized carbons (Fsp3) is 0.375. The molecule has 0 atom stereocenters. The Balaban J connectivity index is 1.78. The van der Waals surface area contributed by atoms with Crippen LogP contribution in [0.1, 0.15) is 57.7 Å². The number of ether oxygens (including phenoxy) is 5. The molecule has 1 N–H and O–H groups in total. The third kappa shape index (κ3) is 9.09. The standard InChI is InChI=1S/C40H45F2N5O10/c1-11-30(48)44-24-18-22(46-14-16-54-17-15-46)12-13-25(24)47(38(51)57-40(5,6)7)29-19-23-28(21-43-29)55-36(34(23)45(8)37(50)56-39(2,3)4)35(49)31-32(41)26(52-9)20-27(53-10)33(31)42/h11-13,18-21H,1,14-17H2,2-10H3,(H,44,48). The highest BCUT2D eigenvalue weighted by Gasteiger charge is 2.36. The third-order valence-corrected chi connectivity index (χ3v) is 8.39. The summed E-state index contributed by atoms with van der Waals surface area (Å²) in [5, 5.41) is 2.76. The molecule has 2 aromatic heterocycles. The number of ketones is 1. The first-order valence-electron chi connectivity index (χ1n) is 17.8. The van der Waals surface area contributed by atoms with E-state index in [9.17, 15) is 19.2 Å². The molecule has 0 bridgehead atoms. The fourth-order valence-electron chi connectivity index (χ4n) is 5.85. The summed E-state index contributed by atoms with van der Waals surface area (Å²) in [6.45, 7) is 15.5. The number of carbonyl (C=O) groups is 4. The molecule has 57 heavy (non-hydrogen) atoms. The van der Waals surface area contributed by atoms with E-state index in [-0.39, 0.29) is 33.8 Å². The molecule has 1 saturated heterocycles. The number of rotatable bonds is 10. The number of nitrogens with zero attached hydrogens (tertiary/aromatic N) is 4. The van der Waals surface area contributed by atoms with Crippen molar-refractivity contribution in [2.75, 3.05) is 67.6 Å². The fourth-order valence-corrected chi connectivity index (χ4v) is 5.85. The average Bonchev–Trinajstić information content (AvgIpc) is 3.53. The Morgan fingerprint density at radius 1 is 0.912 bits per heavy atom. The smallest absolute Gasteiger partial charge is 0.420 e. The predicted molar refractivity (Wildman–Crippen MR) is 208 cm³/mol. The van der Waals surface area contributed by atoms with Gasteiger partial charge in [0, 0.05) is 31.9 Å². The minimum atomic E-state index is -1.35. The Kier molecular flexibility index (Phi) is 12.1. The van der Waals surface area contributed by atoms with Gasteiger partial charge in [-0.2, -0.15) is 0 Å². The van der Waals surface area contributed by atoms with Gasteiger partial charge < -0.3 is 38.3 Å². The lowest BCUT2D eigenvalue weighted by Crippen LogP contribution is -2.37. The van der Waals surface area contributed by atoms with Crippen LogP contribution in [0.4, 0.5) is 46.9 Å². The molecule has 2 aromatic carbocycles. The van der Waals surface area contributed by atoms with Crippen LogP contribution >= 0.6 is 0 Å². The maximum Gasteiger partial charge on any atom is 0.420 e. The van der Waals surface area contributed by atoms with Gasteiger partial charge in [0.05, 0.1) is 50.4 Å². The molecule has 0 aliphatic carbocycles. The van der Waals surface area contributed by atoms with Crippen molar-refractivity contribution in [3.8, 4) is 11.5 Å². The van der Waals surface area contributed by atoms with Crippen LogP contribution in [0.5, 0.6) is 11.5 Å². The van der Waals surface area contributed by atoms with Crippen LogP contribution in [-0.4, -0.2) is 87.6 Å². The summed E-state index contributed by atoms with van der Waals surface area (Å²) in [4.78, 5) is 63.3. The number of carbonyl (C=O) groups excluding carboxylic acids is 4. The van der Waals surface area contributed by atoms with Gasteiger partial charge >= 0.3 is 12.2 Å². The van der Waals surface area contributed by atoms with Gasteiger partial charge in [-0.1, -0.05) is 6.58 Å². The van der Waals surface area contributed by atoms with Crippen molar-refractivity contribution in [2.24, 2.45) is 0 Å². The molecule has 304 valence electrons. The van der Waals surface area contributed by atoms with Crippen LogP contribution in [0.3, 0.4) is 0 Å². The lowest BCUT2D eigenvalue weighted by molar-refractivity contribution is -0.111. The topological polar surface area (TPSA) is 162 Å². The first-order valence-corrected chi connectivity index (χ1v) is 17.8. The number of benzene rings is 2. The molecule has 0 radical (unpaired) electrons. The second-order valence-corrected chi connectivity index (χ2v) is 14.8. The summed E-state index contributed by atoms with van der Waals surface area (Å²) in [7, 11) is 3.52. The van der Waals surface area contributed by atoms with Crippen molar-refractivity contribution in [2.45, 2.75) is 52.7 Å². The van der Waals surface area contributed by atoms with E-state index in [1.165, 1.54) is 13.1 Å². The van der Waals surface area contributed by atoms with E-state index in [1.807, 2.05) is 4.90 Å². The number of pyridine rings is 1. The summed E-state index contributed by atoms with van der Waals surface area (Å²) in [6, 6.07) is 7.29. The number of anilines is 5. The van der Waals surface area contributed by atoms with E-state index in [4.69, 9.17) is 28.1 Å². The van der Waals surface area contributed by atoms with Gasteiger partial charge in [0.1, 0.15) is 28.3 Å². The van der Waals surface area contributed by atoms with Crippen molar-refractivity contribution in [1.82, 2.24) is 4.98 Å². The average molecular weight is 794 g/mol. The quantitative estimate of drug-likeness (QED) is 0.123. The van der Waals surface area contributed by atoms with E-state index in [0.717, 1.165) is 48.0 Å². The Morgan fingerprint density at radius 2 is 1.51 bits per heavy atom. The molecular formula is C40H45F2N5O10. The Morgan fingerprint density at radius 3 is 2.07 bits per heavy atom. The number of aromatic nitrogens is 1. The van der Waals surface area contributed by atoms with E-state index < -0.39 is 69.5 Å². The van der Waals surface area contributed by atoms with E-state index >= 15 is 8.78 Å². The summed E-state index contributed by atoms with van der Waals surface area (Å²) in [5.74, 6) is -6.38. The summed E-state index contributed by atoms with van der Waals surface area (Å²) < 4.78 is 64.4. The number of furan rings is 1. The zero-order valence-corrected chi connectivity index (χ0v) is 33.2. The lowest BCUT2D eigenvalue weighted by Gasteiger charge is -2.31. The lowest BCUT2D eigenvalue weighted by atomic mass is 10.0. The minimum absolute atomic E-state index is 0.00237. The minimum Gasteiger partial charge on any atom is -0.494 e. The van der Waals surface area contributed by atoms with E-state index in [1.54, 1.807) is 59.7 Å². The van der Waals surface area contributed by atoms with Crippen LogP contribution in [0, 0.1) is 11.6 Å². The van der Waals surface area contributed by atoms with Gasteiger partial charge in [-0.05, 0) is 71.9 Å². The third-order valence-electron chi connectivity index (χ3n) is 8.39. The number of amides is 3. The molecule has 4 aromatic rings. The van der Waals surface area contributed by atoms with Crippen molar-refractivity contribution < 1.29 is 56.1 Å². The molecule has 3 amide bonds. The molecule has 15 nitrogen and oxygen atoms in total. The Labute approximate surface area is 328 Å². The van der Waals surface area contributed by atoms with Gasteiger partial charge in [0.25, 0.3) is 0 Å². The maximum absolute atomic E-state index is 15.7. The van der Waals surface area contributed by atoms with E-state index in [0.29, 0.717) is 26.3 Å². The van der Waals surface area contributed by atoms with Crippen LogP contribution in [-0.2, 0) is 19.0 Å². The predicted octanol–water partition coefficient (Wildman–Crippen LogP) is 7.76. The van der Waals surface area contributed by atoms with Gasteiger partial charge in [-0.3, -0.25) is 14.5 Å². The molecule has 0 saturated carbocycles. The summed E-state index contributed by atoms with van der Waals surface area (Å²) >= 11 is 0. The SMILES string of the molecule is C=CC(=O)Nc1cc(N2CCOCC2)ccc1N(C(=O)OC(C)(C)C)c1cc2c(N(C)C(=O)OC(C)(C)C)c(C(=O)c3c(F)c(OC)cc(OC)c3F)oc2cn1. The number of methoxy groups -OCH3 is 2. The summed E-state index contributed by atoms with van der Waals surface area (Å²) in [5.41, 5.74) is -2.47. The molecule has 1 aliphatic rings. The molecule has 17 heteroatoms. The number of hydrogen-bond donors (Lipinski definition) is 1. The number of fused-ring (bicyclic) bond motifs is 1. The highest BCUT2D eigenvalue weighted by atomic mass is 19.1. The van der Waals surface area contributed by atoms with Crippen molar-refractivity contribution in [1.29, 1.82) is 0 Å². The van der Waals surface area contributed by atoms with Crippen LogP contribution in [0.15, 0.2) is 53.6 Å². The number of halogens is 2. The van der Waals surface area contributed by atoms with Crippen LogP contribution < -0.4 is 29.5 Å². The molecule has 1 aliphatic heterocycles. The Bertz CT molecular complexity index is 2190. The normalized spacial score (nSPS) is 13.1. The first kappa shape index (κ1) is 41.9.